The quantitative estimate of drug-likeness (QED) is 0.0178. The van der Waals surface area contributed by atoms with E-state index in [1.807, 2.05) is 0 Å². The van der Waals surface area contributed by atoms with Crippen molar-refractivity contribution in [1.82, 2.24) is 0 Å². The average molecular weight is 975 g/mol. The second-order valence-electron chi connectivity index (χ2n) is 17.6. The van der Waals surface area contributed by atoms with Gasteiger partial charge in [0, 0.05) is 13.0 Å². The molecule has 11 atom stereocenters. The highest BCUT2D eigenvalue weighted by molar-refractivity contribution is 5.69. The molecule has 2 saturated heterocycles. The number of esters is 1. The second-order valence-corrected chi connectivity index (χ2v) is 17.6. The Bertz CT molecular complexity index is 1500. The van der Waals surface area contributed by atoms with E-state index in [1.165, 1.54) is 25.7 Å². The summed E-state index contributed by atoms with van der Waals surface area (Å²) in [4.78, 5) is 13.0. The van der Waals surface area contributed by atoms with Crippen LogP contribution >= 0.6 is 0 Å². The Kier molecular flexibility index (Phi) is 37.3. The summed E-state index contributed by atoms with van der Waals surface area (Å²) in [6.07, 6.45) is 37.7. The maximum absolute atomic E-state index is 13.0. The molecule has 2 rings (SSSR count). The number of aliphatic hydroxyl groups excluding tert-OH is 7. The van der Waals surface area contributed by atoms with Crippen LogP contribution in [0, 0.1) is 0 Å². The van der Waals surface area contributed by atoms with E-state index in [0.717, 1.165) is 89.9 Å². The fourth-order valence-corrected chi connectivity index (χ4v) is 7.46. The molecule has 0 aromatic heterocycles. The van der Waals surface area contributed by atoms with Crippen molar-refractivity contribution in [1.29, 1.82) is 0 Å². The summed E-state index contributed by atoms with van der Waals surface area (Å²) in [5.74, 6) is -0.408. The topological polar surface area (TPSA) is 214 Å². The molecule has 69 heavy (non-hydrogen) atoms. The van der Waals surface area contributed by atoms with E-state index in [0.29, 0.717) is 13.0 Å². The lowest BCUT2D eigenvalue weighted by Gasteiger charge is -2.42. The first kappa shape index (κ1) is 62.0. The third-order valence-electron chi connectivity index (χ3n) is 11.6. The predicted octanol–water partition coefficient (Wildman–Crippen LogP) is 7.85. The van der Waals surface area contributed by atoms with Crippen LogP contribution in [0.15, 0.2) is 97.2 Å². The summed E-state index contributed by atoms with van der Waals surface area (Å²) >= 11 is 0. The summed E-state index contributed by atoms with van der Waals surface area (Å²) < 4.78 is 34.2. The van der Waals surface area contributed by atoms with Gasteiger partial charge < -0.3 is 64.2 Å². The highest BCUT2D eigenvalue weighted by Gasteiger charge is 2.47. The Labute approximate surface area is 413 Å². The van der Waals surface area contributed by atoms with Crippen LogP contribution in [0.3, 0.4) is 0 Å². The van der Waals surface area contributed by atoms with Crippen LogP contribution in [0.4, 0.5) is 0 Å². The Morgan fingerprint density at radius 2 is 0.899 bits per heavy atom. The number of ether oxygens (including phenoxy) is 6. The Balaban J connectivity index is 1.78. The van der Waals surface area contributed by atoms with E-state index < -0.39 is 86.7 Å². The van der Waals surface area contributed by atoms with Gasteiger partial charge in [-0.2, -0.15) is 0 Å². The van der Waals surface area contributed by atoms with Crippen molar-refractivity contribution in [2.24, 2.45) is 0 Å². The largest absolute Gasteiger partial charge is 0.457 e. The molecule has 0 aromatic rings. The molecule has 0 saturated carbocycles. The third kappa shape index (κ3) is 29.1. The Hall–Kier alpha value is -3.09. The number of carbonyl (C=O) groups excluding carboxylic acids is 1. The third-order valence-corrected chi connectivity index (χ3v) is 11.6. The molecule has 0 radical (unpaired) electrons. The highest BCUT2D eigenvalue weighted by Crippen LogP contribution is 2.26. The van der Waals surface area contributed by atoms with Crippen LogP contribution in [0.25, 0.3) is 0 Å². The molecule has 11 unspecified atom stereocenters. The normalized spacial score (nSPS) is 26.5. The van der Waals surface area contributed by atoms with Crippen molar-refractivity contribution < 1.29 is 69.0 Å². The molecule has 0 amide bonds. The molecular formula is C55H90O14. The molecule has 394 valence electrons. The number of rotatable bonds is 39. The van der Waals surface area contributed by atoms with Crippen molar-refractivity contribution in [3.63, 3.8) is 0 Å². The summed E-state index contributed by atoms with van der Waals surface area (Å²) in [7, 11) is 0. The lowest BCUT2D eigenvalue weighted by Crippen LogP contribution is -2.61. The molecule has 2 aliphatic rings. The first-order chi connectivity index (χ1) is 33.6. The first-order valence-electron chi connectivity index (χ1n) is 25.8. The summed E-state index contributed by atoms with van der Waals surface area (Å²) in [5.41, 5.74) is 0. The van der Waals surface area contributed by atoms with Crippen LogP contribution in [-0.4, -0.2) is 142 Å². The van der Waals surface area contributed by atoms with E-state index in [9.17, 15) is 40.5 Å². The van der Waals surface area contributed by atoms with Crippen molar-refractivity contribution in [3.05, 3.63) is 97.2 Å². The Morgan fingerprint density at radius 3 is 1.41 bits per heavy atom. The fraction of sp³-hybridized carbons (Fsp3) is 0.691. The van der Waals surface area contributed by atoms with E-state index >= 15 is 0 Å². The Morgan fingerprint density at radius 1 is 0.478 bits per heavy atom. The smallest absolute Gasteiger partial charge is 0.306 e. The molecule has 14 heteroatoms. The van der Waals surface area contributed by atoms with Crippen LogP contribution in [0.5, 0.6) is 0 Å². The van der Waals surface area contributed by atoms with Gasteiger partial charge in [0.1, 0.15) is 54.9 Å². The van der Waals surface area contributed by atoms with E-state index in [1.54, 1.807) is 0 Å². The zero-order valence-corrected chi connectivity index (χ0v) is 41.8. The van der Waals surface area contributed by atoms with E-state index in [-0.39, 0.29) is 19.6 Å². The standard InChI is InChI=1S/C55H90O14/c1-3-5-7-9-11-13-15-17-19-20-21-22-23-24-25-26-28-30-32-34-36-38-47(57)67-44(41-64-39-37-35-33-31-29-27-18-16-14-12-10-8-6-4-2)42-65-54-53(63)51(61)49(59)46(69-54)43-66-55-52(62)50(60)48(58)45(40-56)68-55/h5-8,11-14,17-19,21-22,27,31,33,44-46,48-56,58-63H,3-4,9-10,15-16,20,23-26,28-30,32,34-43H2,1-2H3/b7-5-,8-6-,13-11-,14-12-,19-17-,22-21-,27-18-,33-31-. The van der Waals surface area contributed by atoms with Crippen molar-refractivity contribution in [3.8, 4) is 0 Å². The molecule has 2 heterocycles. The molecule has 0 bridgehead atoms. The van der Waals surface area contributed by atoms with Gasteiger partial charge in [-0.25, -0.2) is 0 Å². The SMILES string of the molecule is CC/C=C\C/C=C\C/C=C\C/C=C\CCCCCCCCCCC(=O)OC(COCCC/C=C\C/C=C\C/C=C\C/C=C\CC)COC1OC(COC2OC(CO)C(O)C(O)C2O)C(O)C(O)C1O. The maximum Gasteiger partial charge on any atom is 0.306 e. The molecule has 2 aliphatic heterocycles. The highest BCUT2D eigenvalue weighted by atomic mass is 16.7. The van der Waals surface area contributed by atoms with Crippen LogP contribution < -0.4 is 0 Å². The maximum atomic E-state index is 13.0. The number of aliphatic hydroxyl groups is 7. The molecule has 2 fully saturated rings. The second kappa shape index (κ2) is 41.5. The molecule has 14 nitrogen and oxygen atoms in total. The average Bonchev–Trinajstić information content (AvgIpc) is 3.35. The van der Waals surface area contributed by atoms with Gasteiger partial charge in [-0.1, -0.05) is 150 Å². The van der Waals surface area contributed by atoms with E-state index in [2.05, 4.69) is 111 Å². The number of unbranched alkanes of at least 4 members (excludes halogenated alkanes) is 9. The number of hydrogen-bond acceptors (Lipinski definition) is 14. The first-order valence-corrected chi connectivity index (χ1v) is 25.8. The lowest BCUT2D eigenvalue weighted by atomic mass is 9.98. The van der Waals surface area contributed by atoms with Gasteiger partial charge in [-0.05, 0) is 83.5 Å². The fourth-order valence-electron chi connectivity index (χ4n) is 7.46. The lowest BCUT2D eigenvalue weighted by molar-refractivity contribution is -0.332. The van der Waals surface area contributed by atoms with Gasteiger partial charge >= 0.3 is 5.97 Å². The minimum Gasteiger partial charge on any atom is -0.457 e. The molecule has 0 spiro atoms. The zero-order valence-electron chi connectivity index (χ0n) is 41.8. The van der Waals surface area contributed by atoms with Gasteiger partial charge in [-0.3, -0.25) is 4.79 Å². The van der Waals surface area contributed by atoms with Gasteiger partial charge in [0.25, 0.3) is 0 Å². The van der Waals surface area contributed by atoms with Gasteiger partial charge in [0.2, 0.25) is 0 Å². The summed E-state index contributed by atoms with van der Waals surface area (Å²) in [5, 5.41) is 72.1. The van der Waals surface area contributed by atoms with Crippen molar-refractivity contribution >= 4 is 5.97 Å². The number of hydrogen-bond donors (Lipinski definition) is 7. The number of carbonyl (C=O) groups is 1. The molecule has 7 N–H and O–H groups in total. The minimum absolute atomic E-state index is 0.0138. The number of allylic oxidation sites excluding steroid dienone is 16. The van der Waals surface area contributed by atoms with Gasteiger partial charge in [0.15, 0.2) is 12.6 Å². The van der Waals surface area contributed by atoms with Gasteiger partial charge in [0.05, 0.1) is 26.4 Å². The zero-order chi connectivity index (χ0) is 50.2. The minimum atomic E-state index is -1.72. The molecular weight excluding hydrogens is 885 g/mol. The van der Waals surface area contributed by atoms with Crippen LogP contribution in [0.1, 0.15) is 142 Å². The van der Waals surface area contributed by atoms with E-state index in [4.69, 9.17) is 28.4 Å². The molecule has 0 aromatic carbocycles. The van der Waals surface area contributed by atoms with Crippen LogP contribution in [-0.2, 0) is 33.2 Å². The monoisotopic (exact) mass is 975 g/mol. The van der Waals surface area contributed by atoms with Crippen LogP contribution in [0.2, 0.25) is 0 Å². The van der Waals surface area contributed by atoms with Crippen molar-refractivity contribution in [2.75, 3.05) is 33.0 Å². The van der Waals surface area contributed by atoms with Crippen molar-refractivity contribution in [2.45, 2.75) is 210 Å². The predicted molar refractivity (Wildman–Crippen MR) is 270 cm³/mol. The molecule has 0 aliphatic carbocycles. The summed E-state index contributed by atoms with van der Waals surface area (Å²) in [6.45, 7) is 3.27. The summed E-state index contributed by atoms with van der Waals surface area (Å²) in [6, 6.07) is 0. The van der Waals surface area contributed by atoms with Gasteiger partial charge in [-0.15, -0.1) is 0 Å².